The molecule has 2 N–H and O–H groups in total. The van der Waals surface area contributed by atoms with Crippen LogP contribution in [0, 0.1) is 0 Å². The smallest absolute Gasteiger partial charge is 0.341 e. The van der Waals surface area contributed by atoms with Crippen LogP contribution in [0.15, 0.2) is 30.4 Å². The second-order valence-corrected chi connectivity index (χ2v) is 7.16. The third-order valence-corrected chi connectivity index (χ3v) is 5.08. The van der Waals surface area contributed by atoms with Crippen LogP contribution >= 0.6 is 0 Å². The highest BCUT2D eigenvalue weighted by Gasteiger charge is 2.22. The molecular weight excluding hydrogens is 328 g/mol. The molecule has 0 aliphatic heterocycles. The Morgan fingerprint density at radius 3 is 3.00 bits per heavy atom. The van der Waals surface area contributed by atoms with E-state index in [0.29, 0.717) is 5.92 Å². The number of benzene rings is 1. The van der Waals surface area contributed by atoms with Crippen LogP contribution in [0.25, 0.3) is 0 Å². The first-order valence-corrected chi connectivity index (χ1v) is 9.93. The average molecular weight is 360 g/mol. The first-order chi connectivity index (χ1) is 12.6. The van der Waals surface area contributed by atoms with Crippen molar-refractivity contribution < 1.29 is 19.7 Å². The van der Waals surface area contributed by atoms with Gasteiger partial charge in [-0.2, -0.15) is 0 Å². The Morgan fingerprint density at radius 1 is 1.38 bits per heavy atom. The predicted molar refractivity (Wildman–Crippen MR) is 104 cm³/mol. The monoisotopic (exact) mass is 360 g/mol. The number of hydrogen-bond acceptors (Lipinski definition) is 3. The summed E-state index contributed by atoms with van der Waals surface area (Å²) in [7, 11) is 0. The number of fused-ring (bicyclic) bond motifs is 1. The molecule has 4 heteroatoms. The fourth-order valence-electron chi connectivity index (χ4n) is 3.74. The third-order valence-electron chi connectivity index (χ3n) is 5.08. The Kier molecular flexibility index (Phi) is 8.69. The van der Waals surface area contributed by atoms with E-state index < -0.39 is 5.97 Å². The Bertz CT molecular complexity index is 594. The summed E-state index contributed by atoms with van der Waals surface area (Å²) in [5.41, 5.74) is 2.48. The van der Waals surface area contributed by atoms with E-state index in [4.69, 9.17) is 9.84 Å². The van der Waals surface area contributed by atoms with Gasteiger partial charge < -0.3 is 14.9 Å². The van der Waals surface area contributed by atoms with Crippen LogP contribution in [0.4, 0.5) is 0 Å². The Labute approximate surface area is 156 Å². The molecule has 0 radical (unpaired) electrons. The molecule has 0 bridgehead atoms. The molecule has 0 fully saturated rings. The Hall–Kier alpha value is -1.81. The van der Waals surface area contributed by atoms with Gasteiger partial charge in [0.2, 0.25) is 0 Å². The van der Waals surface area contributed by atoms with Crippen molar-refractivity contribution in [3.8, 4) is 5.75 Å². The normalized spacial score (nSPS) is 17.8. The fraction of sp³-hybridized carbons (Fsp3) is 0.591. The van der Waals surface area contributed by atoms with Crippen LogP contribution in [0.2, 0.25) is 0 Å². The molecule has 0 aromatic heterocycles. The molecule has 2 rings (SSSR count). The summed E-state index contributed by atoms with van der Waals surface area (Å²) >= 11 is 0. The fourth-order valence-corrected chi connectivity index (χ4v) is 3.74. The lowest BCUT2D eigenvalue weighted by Gasteiger charge is -2.27. The molecule has 0 spiro atoms. The van der Waals surface area contributed by atoms with Gasteiger partial charge in [0.15, 0.2) is 6.61 Å². The number of unbranched alkanes of at least 4 members (excludes halogenated alkanes) is 2. The number of carboxylic acids is 1. The lowest BCUT2D eigenvalue weighted by atomic mass is 9.80. The summed E-state index contributed by atoms with van der Waals surface area (Å²) in [6, 6.07) is 5.98. The lowest BCUT2D eigenvalue weighted by Crippen LogP contribution is -2.14. The van der Waals surface area contributed by atoms with Crippen molar-refractivity contribution >= 4 is 5.97 Å². The summed E-state index contributed by atoms with van der Waals surface area (Å²) in [6.45, 7) is 1.88. The van der Waals surface area contributed by atoms with E-state index >= 15 is 0 Å². The maximum absolute atomic E-state index is 10.8. The molecule has 0 amide bonds. The molecule has 4 nitrogen and oxygen atoms in total. The zero-order valence-electron chi connectivity index (χ0n) is 15.8. The van der Waals surface area contributed by atoms with Gasteiger partial charge in [0.1, 0.15) is 5.75 Å². The minimum absolute atomic E-state index is 0.292. The topological polar surface area (TPSA) is 66.8 Å². The van der Waals surface area contributed by atoms with Crippen molar-refractivity contribution in [1.29, 1.82) is 0 Å². The molecule has 1 aromatic carbocycles. The van der Waals surface area contributed by atoms with Gasteiger partial charge in [0.05, 0.1) is 6.10 Å². The number of aliphatic carboxylic acids is 1. The van der Waals surface area contributed by atoms with E-state index in [2.05, 4.69) is 19.1 Å². The molecule has 1 aliphatic rings. The van der Waals surface area contributed by atoms with Gasteiger partial charge in [-0.1, -0.05) is 50.5 Å². The van der Waals surface area contributed by atoms with Crippen LogP contribution in [0.1, 0.15) is 75.3 Å². The number of allylic oxidation sites excluding steroid dienone is 1. The molecule has 1 aromatic rings. The van der Waals surface area contributed by atoms with E-state index in [1.54, 1.807) is 0 Å². The molecule has 144 valence electrons. The zero-order valence-corrected chi connectivity index (χ0v) is 15.8. The van der Waals surface area contributed by atoms with E-state index in [9.17, 15) is 9.90 Å². The van der Waals surface area contributed by atoms with E-state index in [1.807, 2.05) is 18.2 Å². The summed E-state index contributed by atoms with van der Waals surface area (Å²) in [5.74, 6) is 0.253. The molecule has 0 heterocycles. The van der Waals surface area contributed by atoms with Crippen LogP contribution in [-0.2, 0) is 11.2 Å². The van der Waals surface area contributed by atoms with Gasteiger partial charge in [0.25, 0.3) is 0 Å². The van der Waals surface area contributed by atoms with Crippen LogP contribution in [-0.4, -0.2) is 28.9 Å². The van der Waals surface area contributed by atoms with Crippen molar-refractivity contribution in [3.05, 3.63) is 41.5 Å². The minimum atomic E-state index is -0.947. The van der Waals surface area contributed by atoms with Gasteiger partial charge in [0, 0.05) is 0 Å². The number of carboxylic acid groups (broad SMARTS) is 1. The highest BCUT2D eigenvalue weighted by atomic mass is 16.5. The minimum Gasteiger partial charge on any atom is -0.482 e. The number of aliphatic hydroxyl groups is 1. The summed E-state index contributed by atoms with van der Waals surface area (Å²) < 4.78 is 5.47. The van der Waals surface area contributed by atoms with Crippen molar-refractivity contribution in [2.75, 3.05) is 6.61 Å². The second-order valence-electron chi connectivity index (χ2n) is 7.16. The van der Waals surface area contributed by atoms with E-state index in [-0.39, 0.29) is 12.7 Å². The largest absolute Gasteiger partial charge is 0.482 e. The first kappa shape index (κ1) is 20.5. The quantitative estimate of drug-likeness (QED) is 0.437. The molecule has 2 atom stereocenters. The average Bonchev–Trinajstić information content (AvgIpc) is 2.63. The van der Waals surface area contributed by atoms with Crippen molar-refractivity contribution in [2.24, 2.45) is 0 Å². The maximum atomic E-state index is 10.8. The predicted octanol–water partition coefficient (Wildman–Crippen LogP) is 4.85. The highest BCUT2D eigenvalue weighted by Crippen LogP contribution is 2.39. The molecule has 26 heavy (non-hydrogen) atoms. The zero-order chi connectivity index (χ0) is 18.8. The summed E-state index contributed by atoms with van der Waals surface area (Å²) in [6.07, 6.45) is 13.2. The van der Waals surface area contributed by atoms with Gasteiger partial charge in [-0.25, -0.2) is 4.79 Å². The van der Waals surface area contributed by atoms with Gasteiger partial charge >= 0.3 is 5.97 Å². The number of aliphatic hydroxyl groups excluding tert-OH is 1. The molecule has 2 unspecified atom stereocenters. The second kappa shape index (κ2) is 11.0. The summed E-state index contributed by atoms with van der Waals surface area (Å²) in [4.78, 5) is 10.8. The standard InChI is InChI=1S/C22H32O4/c1-2-3-4-11-18(23)12-6-5-9-17-10-7-14-20-19(17)13-8-15-21(20)26-16-22(24)25/h6,8,12-13,15,17-18,23H,2-5,7,9-11,14,16H2,1H3,(H,24,25)/b12-6+. The Balaban J connectivity index is 1.89. The molecule has 0 saturated carbocycles. The van der Waals surface area contributed by atoms with Gasteiger partial charge in [-0.15, -0.1) is 0 Å². The highest BCUT2D eigenvalue weighted by molar-refractivity contribution is 5.68. The molecular formula is C22H32O4. The number of carbonyl (C=O) groups is 1. The van der Waals surface area contributed by atoms with Crippen LogP contribution < -0.4 is 4.74 Å². The van der Waals surface area contributed by atoms with Gasteiger partial charge in [-0.05, 0) is 61.6 Å². The van der Waals surface area contributed by atoms with Crippen molar-refractivity contribution in [2.45, 2.75) is 76.7 Å². The summed E-state index contributed by atoms with van der Waals surface area (Å²) in [5, 5.41) is 18.8. The third kappa shape index (κ3) is 6.49. The van der Waals surface area contributed by atoms with Crippen molar-refractivity contribution in [3.63, 3.8) is 0 Å². The van der Waals surface area contributed by atoms with E-state index in [0.717, 1.165) is 50.7 Å². The SMILES string of the molecule is CCCCCC(O)/C=C/CCC1CCCc2c(OCC(=O)O)cccc21. The lowest BCUT2D eigenvalue weighted by molar-refractivity contribution is -0.139. The van der Waals surface area contributed by atoms with Crippen molar-refractivity contribution in [1.82, 2.24) is 0 Å². The van der Waals surface area contributed by atoms with Gasteiger partial charge in [-0.3, -0.25) is 0 Å². The van der Waals surface area contributed by atoms with Crippen LogP contribution in [0.3, 0.4) is 0 Å². The molecule has 0 saturated heterocycles. The Morgan fingerprint density at radius 2 is 2.23 bits per heavy atom. The van der Waals surface area contributed by atoms with E-state index in [1.165, 1.54) is 24.0 Å². The number of ether oxygens (including phenoxy) is 1. The molecule has 1 aliphatic carbocycles. The number of hydrogen-bond donors (Lipinski definition) is 2. The maximum Gasteiger partial charge on any atom is 0.341 e. The van der Waals surface area contributed by atoms with Crippen LogP contribution in [0.5, 0.6) is 5.75 Å². The number of rotatable bonds is 11. The first-order valence-electron chi connectivity index (χ1n) is 9.93.